The summed E-state index contributed by atoms with van der Waals surface area (Å²) in [5.41, 5.74) is 5.92. The molecule has 16 heavy (non-hydrogen) atoms. The van der Waals surface area contributed by atoms with Crippen LogP contribution in [0.1, 0.15) is 19.8 Å². The number of rotatable bonds is 4. The molecule has 94 valence electrons. The summed E-state index contributed by atoms with van der Waals surface area (Å²) in [6.45, 7) is 3.63. The minimum absolute atomic E-state index is 0.0320. The van der Waals surface area contributed by atoms with Gasteiger partial charge in [0.05, 0.1) is 19.8 Å². The van der Waals surface area contributed by atoms with Gasteiger partial charge in [-0.25, -0.2) is 0 Å². The summed E-state index contributed by atoms with van der Waals surface area (Å²) in [5, 5.41) is 9.81. The zero-order valence-corrected chi connectivity index (χ0v) is 10.1. The van der Waals surface area contributed by atoms with Crippen molar-refractivity contribution in [3.63, 3.8) is 0 Å². The first-order chi connectivity index (χ1) is 7.56. The molecule has 1 aliphatic rings. The minimum atomic E-state index is -0.327. The highest BCUT2D eigenvalue weighted by Gasteiger charge is 2.30. The van der Waals surface area contributed by atoms with E-state index in [0.717, 1.165) is 19.4 Å². The maximum Gasteiger partial charge on any atom is 0.319 e. The van der Waals surface area contributed by atoms with Crippen LogP contribution in [0.2, 0.25) is 0 Å². The predicted molar refractivity (Wildman–Crippen MR) is 60.8 cm³/mol. The monoisotopic (exact) mass is 230 g/mol. The van der Waals surface area contributed by atoms with Gasteiger partial charge in [0.25, 0.3) is 0 Å². The Bertz CT molecular complexity index is 235. The molecular weight excluding hydrogens is 208 g/mol. The lowest BCUT2D eigenvalue weighted by Gasteiger charge is -2.37. The molecule has 0 radical (unpaired) electrons. The van der Waals surface area contributed by atoms with Gasteiger partial charge in [0.15, 0.2) is 0 Å². The molecule has 3 unspecified atom stereocenters. The van der Waals surface area contributed by atoms with Crippen LogP contribution in [0, 0.1) is 5.92 Å². The highest BCUT2D eigenvalue weighted by Crippen LogP contribution is 2.20. The van der Waals surface area contributed by atoms with Crippen molar-refractivity contribution in [2.24, 2.45) is 11.7 Å². The average molecular weight is 230 g/mol. The van der Waals surface area contributed by atoms with E-state index in [4.69, 9.17) is 5.73 Å². The van der Waals surface area contributed by atoms with E-state index in [2.05, 4.69) is 4.74 Å². The number of ether oxygens (including phenoxy) is 1. The van der Waals surface area contributed by atoms with E-state index >= 15 is 0 Å². The van der Waals surface area contributed by atoms with Gasteiger partial charge in [0, 0.05) is 19.1 Å². The Hall–Kier alpha value is -0.650. The highest BCUT2D eigenvalue weighted by atomic mass is 16.5. The van der Waals surface area contributed by atoms with Crippen LogP contribution < -0.4 is 5.73 Å². The summed E-state index contributed by atoms with van der Waals surface area (Å²) in [6, 6.07) is 0.0320. The van der Waals surface area contributed by atoms with Crippen molar-refractivity contribution in [2.75, 3.05) is 26.7 Å². The first kappa shape index (κ1) is 13.4. The summed E-state index contributed by atoms with van der Waals surface area (Å²) >= 11 is 0. The Balaban J connectivity index is 2.50. The molecule has 0 aliphatic carbocycles. The normalized spacial score (nSPS) is 28.8. The summed E-state index contributed by atoms with van der Waals surface area (Å²) in [4.78, 5) is 13.1. The number of nitrogens with two attached hydrogens (primary N) is 1. The number of carbonyl (C=O) groups is 1. The third-order valence-electron chi connectivity index (χ3n) is 3.13. The molecular formula is C11H22N2O3. The van der Waals surface area contributed by atoms with Crippen LogP contribution in [0.25, 0.3) is 0 Å². The molecule has 1 rings (SSSR count). The van der Waals surface area contributed by atoms with Crippen LogP contribution in [0.4, 0.5) is 0 Å². The third-order valence-corrected chi connectivity index (χ3v) is 3.13. The topological polar surface area (TPSA) is 75.8 Å². The third kappa shape index (κ3) is 3.73. The van der Waals surface area contributed by atoms with Crippen LogP contribution in [-0.4, -0.2) is 54.9 Å². The van der Waals surface area contributed by atoms with E-state index in [1.165, 1.54) is 7.11 Å². The van der Waals surface area contributed by atoms with Crippen LogP contribution in [0.5, 0.6) is 0 Å². The van der Waals surface area contributed by atoms with Gasteiger partial charge in [0.2, 0.25) is 0 Å². The number of nitrogens with zero attached hydrogens (tertiary/aromatic N) is 1. The largest absolute Gasteiger partial charge is 0.468 e. The van der Waals surface area contributed by atoms with E-state index in [-0.39, 0.29) is 30.6 Å². The molecule has 3 atom stereocenters. The molecule has 1 fully saturated rings. The number of esters is 1. The maximum absolute atomic E-state index is 11.2. The van der Waals surface area contributed by atoms with Gasteiger partial charge < -0.3 is 15.6 Å². The van der Waals surface area contributed by atoms with Crippen LogP contribution in [0.15, 0.2) is 0 Å². The molecule has 0 spiro atoms. The zero-order chi connectivity index (χ0) is 12.1. The van der Waals surface area contributed by atoms with Crippen LogP contribution in [-0.2, 0) is 9.53 Å². The van der Waals surface area contributed by atoms with Crippen molar-refractivity contribution in [1.82, 2.24) is 4.90 Å². The van der Waals surface area contributed by atoms with Crippen molar-refractivity contribution in [3.8, 4) is 0 Å². The minimum Gasteiger partial charge on any atom is -0.468 e. The lowest BCUT2D eigenvalue weighted by molar-refractivity contribution is -0.142. The van der Waals surface area contributed by atoms with Crippen molar-refractivity contribution >= 4 is 5.97 Å². The number of aliphatic hydroxyl groups is 1. The molecule has 3 N–H and O–H groups in total. The molecule has 0 amide bonds. The van der Waals surface area contributed by atoms with Gasteiger partial charge in [-0.1, -0.05) is 6.92 Å². The quantitative estimate of drug-likeness (QED) is 0.642. The highest BCUT2D eigenvalue weighted by molar-refractivity contribution is 5.71. The molecule has 0 aromatic carbocycles. The summed E-state index contributed by atoms with van der Waals surface area (Å²) in [6.07, 6.45) is 1.22. The van der Waals surface area contributed by atoms with E-state index in [1.807, 2.05) is 11.8 Å². The fourth-order valence-electron chi connectivity index (χ4n) is 2.26. The number of likely N-dealkylation sites (tertiary alicyclic amines) is 1. The van der Waals surface area contributed by atoms with Crippen molar-refractivity contribution < 1.29 is 14.6 Å². The Morgan fingerprint density at radius 2 is 2.31 bits per heavy atom. The number of piperidine rings is 1. The smallest absolute Gasteiger partial charge is 0.319 e. The predicted octanol–water partition coefficient (Wildman–Crippen LogP) is -0.420. The fraction of sp³-hybridized carbons (Fsp3) is 0.909. The lowest BCUT2D eigenvalue weighted by Crippen LogP contribution is -2.51. The number of aliphatic hydroxyl groups excluding tert-OH is 1. The van der Waals surface area contributed by atoms with Crippen molar-refractivity contribution in [1.29, 1.82) is 0 Å². The van der Waals surface area contributed by atoms with Gasteiger partial charge >= 0.3 is 5.97 Å². The standard InChI is InChI=1S/C11H22N2O3/c1-3-10(14)8-4-9(12)6-13(5-8)7-11(15)16-2/h8-10,14H,3-7,12H2,1-2H3. The van der Waals surface area contributed by atoms with E-state index < -0.39 is 0 Å². The lowest BCUT2D eigenvalue weighted by atomic mass is 9.89. The number of hydrogen-bond acceptors (Lipinski definition) is 5. The molecule has 1 saturated heterocycles. The van der Waals surface area contributed by atoms with Crippen molar-refractivity contribution in [3.05, 3.63) is 0 Å². The SMILES string of the molecule is CCC(O)C1CC(N)CN(CC(=O)OC)C1. The molecule has 0 saturated carbocycles. The van der Waals surface area contributed by atoms with Crippen LogP contribution in [0.3, 0.4) is 0 Å². The van der Waals surface area contributed by atoms with E-state index in [0.29, 0.717) is 6.54 Å². The molecule has 0 bridgehead atoms. The van der Waals surface area contributed by atoms with Gasteiger partial charge in [-0.15, -0.1) is 0 Å². The maximum atomic E-state index is 11.2. The fourth-order valence-corrected chi connectivity index (χ4v) is 2.26. The average Bonchev–Trinajstić information content (AvgIpc) is 2.27. The van der Waals surface area contributed by atoms with Gasteiger partial charge in [-0.3, -0.25) is 9.69 Å². The number of hydrogen-bond donors (Lipinski definition) is 2. The second-order valence-electron chi connectivity index (χ2n) is 4.50. The van der Waals surface area contributed by atoms with E-state index in [1.54, 1.807) is 0 Å². The Kier molecular flexibility index (Phi) is 5.18. The van der Waals surface area contributed by atoms with E-state index in [9.17, 15) is 9.90 Å². The second kappa shape index (κ2) is 6.18. The van der Waals surface area contributed by atoms with Crippen molar-refractivity contribution in [2.45, 2.75) is 31.9 Å². The molecule has 1 aliphatic heterocycles. The van der Waals surface area contributed by atoms with Gasteiger partial charge in [-0.05, 0) is 18.8 Å². The molecule has 1 heterocycles. The number of methoxy groups -OCH3 is 1. The summed E-state index contributed by atoms with van der Waals surface area (Å²) in [7, 11) is 1.38. The van der Waals surface area contributed by atoms with Crippen LogP contribution >= 0.6 is 0 Å². The zero-order valence-electron chi connectivity index (χ0n) is 10.1. The Morgan fingerprint density at radius 1 is 1.62 bits per heavy atom. The second-order valence-corrected chi connectivity index (χ2v) is 4.50. The molecule has 5 nitrogen and oxygen atoms in total. The van der Waals surface area contributed by atoms with Gasteiger partial charge in [0.1, 0.15) is 0 Å². The summed E-state index contributed by atoms with van der Waals surface area (Å²) in [5.74, 6) is -0.0859. The molecule has 5 heteroatoms. The Labute approximate surface area is 96.6 Å². The molecule has 0 aromatic rings. The Morgan fingerprint density at radius 3 is 2.88 bits per heavy atom. The number of carbonyl (C=O) groups excluding carboxylic acids is 1. The first-order valence-electron chi connectivity index (χ1n) is 5.79. The summed E-state index contributed by atoms with van der Waals surface area (Å²) < 4.78 is 4.63. The van der Waals surface area contributed by atoms with Gasteiger partial charge in [-0.2, -0.15) is 0 Å². The first-order valence-corrected chi connectivity index (χ1v) is 5.79. The molecule has 0 aromatic heterocycles.